The van der Waals surface area contributed by atoms with E-state index in [0.29, 0.717) is 23.1 Å². The molecule has 0 amide bonds. The minimum atomic E-state index is -0.371. The van der Waals surface area contributed by atoms with Gasteiger partial charge in [-0.2, -0.15) is 0 Å². The van der Waals surface area contributed by atoms with Gasteiger partial charge in [-0.05, 0) is 24.5 Å². The van der Waals surface area contributed by atoms with Crippen LogP contribution in [0, 0.1) is 5.92 Å². The summed E-state index contributed by atoms with van der Waals surface area (Å²) >= 11 is 0. The van der Waals surface area contributed by atoms with Crippen molar-refractivity contribution in [3.05, 3.63) is 73.4 Å². The van der Waals surface area contributed by atoms with Crippen LogP contribution in [0.15, 0.2) is 45.4 Å². The number of likely N-dealkylation sites (tertiary alicyclic amines) is 1. The first-order valence-corrected chi connectivity index (χ1v) is 9.95. The van der Waals surface area contributed by atoms with Crippen LogP contribution in [0.1, 0.15) is 23.6 Å². The highest BCUT2D eigenvalue weighted by Gasteiger charge is 2.34. The maximum Gasteiger partial charge on any atom is 0.330 e. The topological polar surface area (TPSA) is 81.3 Å². The van der Waals surface area contributed by atoms with E-state index in [1.807, 2.05) is 22.8 Å². The van der Waals surface area contributed by atoms with E-state index in [4.69, 9.17) is 0 Å². The van der Waals surface area contributed by atoms with Crippen molar-refractivity contribution in [2.45, 2.75) is 25.4 Å². The van der Waals surface area contributed by atoms with Crippen molar-refractivity contribution in [2.24, 2.45) is 20.0 Å². The van der Waals surface area contributed by atoms with E-state index in [-0.39, 0.29) is 23.4 Å². The molecule has 154 valence electrons. The van der Waals surface area contributed by atoms with Gasteiger partial charge in [-0.1, -0.05) is 6.08 Å². The monoisotopic (exact) mass is 397 g/mol. The third-order valence-corrected chi connectivity index (χ3v) is 6.05. The Labute approximate surface area is 168 Å². The van der Waals surface area contributed by atoms with Crippen molar-refractivity contribution >= 4 is 5.69 Å². The molecule has 0 radical (unpaired) electrons. The van der Waals surface area contributed by atoms with Crippen molar-refractivity contribution < 1.29 is 0 Å². The van der Waals surface area contributed by atoms with Gasteiger partial charge in [0, 0.05) is 64.6 Å². The van der Waals surface area contributed by atoms with Gasteiger partial charge in [-0.3, -0.25) is 19.1 Å². The predicted octanol–water partition coefficient (Wildman–Crippen LogP) is 0.463. The first kappa shape index (κ1) is 19.4. The number of aromatic nitrogens is 3. The SMILES string of the molecule is C=CCN1C[C@H]2C[C@@H](C1)c1ccc(NCc3cn(C)c(=O)n(C)c3=O)c(=O)n1C2. The minimum absolute atomic E-state index is 0.0454. The van der Waals surface area contributed by atoms with E-state index < -0.39 is 0 Å². The zero-order valence-electron chi connectivity index (χ0n) is 16.9. The molecule has 2 aromatic heterocycles. The molecule has 8 nitrogen and oxygen atoms in total. The van der Waals surface area contributed by atoms with Crippen LogP contribution in [0.2, 0.25) is 0 Å². The summed E-state index contributed by atoms with van der Waals surface area (Å²) in [5.74, 6) is 0.824. The molecule has 1 N–H and O–H groups in total. The summed E-state index contributed by atoms with van der Waals surface area (Å²) in [5, 5.41) is 3.10. The van der Waals surface area contributed by atoms with E-state index >= 15 is 0 Å². The molecular weight excluding hydrogens is 370 g/mol. The molecule has 29 heavy (non-hydrogen) atoms. The zero-order valence-corrected chi connectivity index (χ0v) is 16.9. The van der Waals surface area contributed by atoms with Crippen LogP contribution in [0.4, 0.5) is 5.69 Å². The van der Waals surface area contributed by atoms with Gasteiger partial charge in [0.2, 0.25) is 0 Å². The van der Waals surface area contributed by atoms with Crippen LogP contribution in [0.5, 0.6) is 0 Å². The number of aryl methyl sites for hydroxylation is 1. The normalized spacial score (nSPS) is 20.9. The molecular formula is C21H27N5O3. The van der Waals surface area contributed by atoms with Crippen molar-refractivity contribution in [1.29, 1.82) is 0 Å². The number of pyridine rings is 1. The average molecular weight is 397 g/mol. The summed E-state index contributed by atoms with van der Waals surface area (Å²) in [6.45, 7) is 7.56. The molecule has 1 saturated heterocycles. The lowest BCUT2D eigenvalue weighted by molar-refractivity contribution is 0.131. The second-order valence-corrected chi connectivity index (χ2v) is 8.16. The minimum Gasteiger partial charge on any atom is -0.376 e. The van der Waals surface area contributed by atoms with Crippen LogP contribution in [0.3, 0.4) is 0 Å². The van der Waals surface area contributed by atoms with Crippen molar-refractivity contribution in [2.75, 3.05) is 25.0 Å². The van der Waals surface area contributed by atoms with E-state index in [1.54, 1.807) is 7.05 Å². The fourth-order valence-corrected chi connectivity index (χ4v) is 4.71. The molecule has 2 aromatic rings. The number of hydrogen-bond acceptors (Lipinski definition) is 5. The number of nitrogens with one attached hydrogen (secondary N) is 1. The van der Waals surface area contributed by atoms with Crippen LogP contribution >= 0.6 is 0 Å². The third kappa shape index (κ3) is 3.48. The Morgan fingerprint density at radius 3 is 2.69 bits per heavy atom. The van der Waals surface area contributed by atoms with Crippen molar-refractivity contribution in [3.8, 4) is 0 Å². The molecule has 0 aliphatic carbocycles. The van der Waals surface area contributed by atoms with Gasteiger partial charge in [-0.15, -0.1) is 6.58 Å². The Kier molecular flexibility index (Phi) is 5.04. The number of anilines is 1. The largest absolute Gasteiger partial charge is 0.376 e. The first-order chi connectivity index (χ1) is 13.9. The number of rotatable bonds is 5. The fraction of sp³-hybridized carbons (Fsp3) is 0.476. The highest BCUT2D eigenvalue weighted by atomic mass is 16.2. The molecule has 8 heteroatoms. The van der Waals surface area contributed by atoms with Crippen LogP contribution in [-0.4, -0.2) is 38.2 Å². The van der Waals surface area contributed by atoms with E-state index in [1.165, 1.54) is 17.8 Å². The Hall–Kier alpha value is -2.87. The highest BCUT2D eigenvalue weighted by Crippen LogP contribution is 2.35. The van der Waals surface area contributed by atoms with Gasteiger partial charge >= 0.3 is 5.69 Å². The summed E-state index contributed by atoms with van der Waals surface area (Å²) in [6.07, 6.45) is 4.57. The van der Waals surface area contributed by atoms with Crippen LogP contribution in [-0.2, 0) is 27.2 Å². The molecule has 1 fully saturated rings. The molecule has 4 heterocycles. The number of piperidine rings is 1. The summed E-state index contributed by atoms with van der Waals surface area (Å²) in [5.41, 5.74) is 1.24. The van der Waals surface area contributed by atoms with Gasteiger partial charge in [0.15, 0.2) is 0 Å². The van der Waals surface area contributed by atoms with E-state index in [2.05, 4.69) is 16.8 Å². The lowest BCUT2D eigenvalue weighted by Crippen LogP contribution is -2.47. The molecule has 0 aromatic carbocycles. The summed E-state index contributed by atoms with van der Waals surface area (Å²) < 4.78 is 4.34. The molecule has 0 spiro atoms. The smallest absolute Gasteiger partial charge is 0.330 e. The Morgan fingerprint density at radius 1 is 1.14 bits per heavy atom. The van der Waals surface area contributed by atoms with E-state index in [9.17, 15) is 14.4 Å². The van der Waals surface area contributed by atoms with Gasteiger partial charge in [0.05, 0.1) is 5.56 Å². The van der Waals surface area contributed by atoms with Crippen LogP contribution < -0.4 is 22.1 Å². The first-order valence-electron chi connectivity index (χ1n) is 9.95. The number of nitrogens with zero attached hydrogens (tertiary/aromatic N) is 4. The Bertz CT molecular complexity index is 1130. The van der Waals surface area contributed by atoms with Crippen molar-refractivity contribution in [3.63, 3.8) is 0 Å². The summed E-state index contributed by atoms with van der Waals surface area (Å²) in [4.78, 5) is 39.6. The van der Waals surface area contributed by atoms with Crippen LogP contribution in [0.25, 0.3) is 0 Å². The molecule has 2 aliphatic heterocycles. The lowest BCUT2D eigenvalue weighted by atomic mass is 9.83. The van der Waals surface area contributed by atoms with Gasteiger partial charge in [-0.25, -0.2) is 4.79 Å². The second kappa shape index (κ2) is 7.51. The standard InChI is InChI=1S/C21H27N5O3/c1-4-7-25-10-14-8-15(13-25)18-6-5-17(20(28)26(18)11-14)22-9-16-12-23(2)21(29)24(3)19(16)27/h4-6,12,14-15,22H,1,7-11,13H2,2-3H3/t14-,15+/m1/s1. The molecule has 4 rings (SSSR count). The maximum atomic E-state index is 13.1. The summed E-state index contributed by atoms with van der Waals surface area (Å²) in [7, 11) is 3.06. The van der Waals surface area contributed by atoms with Gasteiger partial charge < -0.3 is 14.5 Å². The fourth-order valence-electron chi connectivity index (χ4n) is 4.71. The molecule has 2 atom stereocenters. The highest BCUT2D eigenvalue weighted by molar-refractivity contribution is 5.43. The second-order valence-electron chi connectivity index (χ2n) is 8.16. The summed E-state index contributed by atoms with van der Waals surface area (Å²) in [6, 6.07) is 3.84. The molecule has 0 saturated carbocycles. The number of hydrogen-bond donors (Lipinski definition) is 1. The predicted molar refractivity (Wildman–Crippen MR) is 112 cm³/mol. The molecule has 2 aliphatic rings. The zero-order chi connectivity index (χ0) is 20.7. The maximum absolute atomic E-state index is 13.1. The quantitative estimate of drug-likeness (QED) is 0.742. The van der Waals surface area contributed by atoms with Gasteiger partial charge in [0.1, 0.15) is 5.69 Å². The van der Waals surface area contributed by atoms with Crippen molar-refractivity contribution in [1.82, 2.24) is 18.6 Å². The third-order valence-electron chi connectivity index (χ3n) is 6.05. The number of fused-ring (bicyclic) bond motifs is 4. The van der Waals surface area contributed by atoms with Gasteiger partial charge in [0.25, 0.3) is 11.1 Å². The Balaban J connectivity index is 1.59. The average Bonchev–Trinajstić information content (AvgIpc) is 2.70. The molecule has 2 bridgehead atoms. The van der Waals surface area contributed by atoms with E-state index in [0.717, 1.165) is 42.9 Å². The Morgan fingerprint density at radius 2 is 1.93 bits per heavy atom. The molecule has 0 unspecified atom stereocenters. The lowest BCUT2D eigenvalue weighted by Gasteiger charge is -2.42.